The molecule has 0 radical (unpaired) electrons. The second-order valence-corrected chi connectivity index (χ2v) is 14.1. The highest BCUT2D eigenvalue weighted by Gasteiger charge is 2.77. The van der Waals surface area contributed by atoms with Crippen LogP contribution in [0.3, 0.4) is 0 Å². The van der Waals surface area contributed by atoms with E-state index in [1.165, 1.54) is 53.7 Å². The quantitative estimate of drug-likeness (QED) is 0.141. The molecule has 4 heteroatoms. The van der Waals surface area contributed by atoms with Gasteiger partial charge in [0.1, 0.15) is 0 Å². The van der Waals surface area contributed by atoms with Gasteiger partial charge in [-0.15, -0.1) is 0 Å². The zero-order chi connectivity index (χ0) is 29.4. The molecule has 4 fully saturated rings. The number of fused-ring (bicyclic) bond motifs is 19. The summed E-state index contributed by atoms with van der Waals surface area (Å²) < 4.78 is 10.3. The summed E-state index contributed by atoms with van der Waals surface area (Å²) in [4.78, 5) is 25.7. The molecule has 0 aliphatic heterocycles. The van der Waals surface area contributed by atoms with Gasteiger partial charge in [0.15, 0.2) is 0 Å². The van der Waals surface area contributed by atoms with E-state index in [0.29, 0.717) is 58.5 Å². The van der Waals surface area contributed by atoms with Crippen LogP contribution >= 0.6 is 0 Å². The lowest BCUT2D eigenvalue weighted by molar-refractivity contribution is -0.147. The van der Waals surface area contributed by atoms with Gasteiger partial charge >= 0.3 is 11.9 Å². The molecule has 4 aromatic carbocycles. The molecule has 0 N–H and O–H groups in total. The van der Waals surface area contributed by atoms with Crippen LogP contribution in [0.25, 0.3) is 33.0 Å². The lowest BCUT2D eigenvalue weighted by atomic mass is 9.42. The van der Waals surface area contributed by atoms with E-state index in [4.69, 9.17) is 9.47 Å². The van der Waals surface area contributed by atoms with Gasteiger partial charge in [-0.1, -0.05) is 72.8 Å². The summed E-state index contributed by atoms with van der Waals surface area (Å²) in [6.45, 7) is 0. The highest BCUT2D eigenvalue weighted by atomic mass is 16.5. The largest absolute Gasteiger partial charge is 0.466 e. The Balaban J connectivity index is 1.06. The summed E-state index contributed by atoms with van der Waals surface area (Å²) in [5.41, 5.74) is 9.43. The van der Waals surface area contributed by atoms with Crippen molar-refractivity contribution >= 4 is 22.7 Å². The van der Waals surface area contributed by atoms with Crippen LogP contribution in [0.2, 0.25) is 0 Å². The maximum absolute atomic E-state index is 12.9. The van der Waals surface area contributed by atoms with E-state index >= 15 is 0 Å². The lowest BCUT2D eigenvalue weighted by Gasteiger charge is -2.62. The standard InChI is InChI=1S/C40H34O4/c1-43-39(41)37-35-29-18-30(36(35)38(37)40(42)44-2)34-32-28-17-27(31(32)33(29)34)25-15-21-13-23(19-9-5-3-6-10-19)24(14-22(21)16-26(25)28)20-11-7-4-8-12-20/h3-16,27-36H,17-18H2,1-2H3/t27-,28+,29+,30-,31?,32?,33?,34?,35?,36?. The minimum Gasteiger partial charge on any atom is -0.466 e. The molecule has 6 aliphatic rings. The molecule has 4 bridgehead atoms. The summed E-state index contributed by atoms with van der Waals surface area (Å²) in [6, 6.07) is 31.4. The average Bonchev–Trinajstić information content (AvgIpc) is 3.73. The molecule has 0 saturated heterocycles. The van der Waals surface area contributed by atoms with Crippen molar-refractivity contribution in [2.75, 3.05) is 14.2 Å². The fraction of sp³-hybridized carbons (Fsp3) is 0.350. The van der Waals surface area contributed by atoms with Crippen LogP contribution in [-0.2, 0) is 19.1 Å². The Morgan fingerprint density at radius 1 is 0.568 bits per heavy atom. The number of carbonyl (C=O) groups excluding carboxylic acids is 2. The summed E-state index contributed by atoms with van der Waals surface area (Å²) in [5.74, 6) is 4.56. The molecule has 6 unspecified atom stereocenters. The molecular formula is C40H34O4. The molecule has 6 aliphatic carbocycles. The second kappa shape index (κ2) is 8.72. The molecule has 4 saturated carbocycles. The number of hydrogen-bond acceptors (Lipinski definition) is 4. The summed E-state index contributed by atoms with van der Waals surface area (Å²) in [6.07, 6.45) is 2.39. The maximum Gasteiger partial charge on any atom is 0.334 e. The Bertz CT molecular complexity index is 1800. The zero-order valence-electron chi connectivity index (χ0n) is 24.9. The smallest absolute Gasteiger partial charge is 0.334 e. The first-order valence-electron chi connectivity index (χ1n) is 16.2. The molecule has 0 amide bonds. The van der Waals surface area contributed by atoms with Crippen molar-refractivity contribution in [3.8, 4) is 22.3 Å². The topological polar surface area (TPSA) is 52.6 Å². The van der Waals surface area contributed by atoms with Crippen LogP contribution < -0.4 is 0 Å². The maximum atomic E-state index is 12.9. The van der Waals surface area contributed by atoms with Crippen molar-refractivity contribution in [1.82, 2.24) is 0 Å². The van der Waals surface area contributed by atoms with Crippen molar-refractivity contribution in [2.24, 2.45) is 47.3 Å². The highest BCUT2D eigenvalue weighted by Crippen LogP contribution is 2.82. The fourth-order valence-electron chi connectivity index (χ4n) is 11.8. The van der Waals surface area contributed by atoms with Gasteiger partial charge in [0.25, 0.3) is 0 Å². The van der Waals surface area contributed by atoms with Gasteiger partial charge in [-0.2, -0.15) is 0 Å². The summed E-state index contributed by atoms with van der Waals surface area (Å²) in [5, 5.41) is 2.65. The first-order valence-corrected chi connectivity index (χ1v) is 16.2. The van der Waals surface area contributed by atoms with Crippen molar-refractivity contribution in [2.45, 2.75) is 24.7 Å². The number of benzene rings is 4. The van der Waals surface area contributed by atoms with E-state index in [2.05, 4.69) is 84.9 Å². The number of esters is 2. The predicted octanol–water partition coefficient (Wildman–Crippen LogP) is 7.78. The molecule has 4 aromatic rings. The van der Waals surface area contributed by atoms with Crippen molar-refractivity contribution < 1.29 is 19.1 Å². The lowest BCUT2D eigenvalue weighted by Crippen LogP contribution is -2.59. The SMILES string of the molecule is COC(=O)C1=C(C(=O)OC)C2C1[C@H]1C[C@@H]2C2C1C1C2[C@H]2C[C@@H]1c1cc3cc(-c4ccccc4)c(-c4ccccc4)cc3cc12. The van der Waals surface area contributed by atoms with E-state index in [0.717, 1.165) is 6.42 Å². The Labute approximate surface area is 257 Å². The highest BCUT2D eigenvalue weighted by molar-refractivity contribution is 6.05. The second-order valence-electron chi connectivity index (χ2n) is 14.1. The third-order valence-corrected chi connectivity index (χ3v) is 13.0. The Hall–Kier alpha value is -4.18. The molecule has 44 heavy (non-hydrogen) atoms. The minimum absolute atomic E-state index is 0.170. The molecule has 10 atom stereocenters. The Morgan fingerprint density at radius 2 is 1.00 bits per heavy atom. The summed E-state index contributed by atoms with van der Waals surface area (Å²) in [7, 11) is 2.85. The third-order valence-electron chi connectivity index (χ3n) is 13.0. The molecule has 10 rings (SSSR count). The van der Waals surface area contributed by atoms with E-state index < -0.39 is 0 Å². The van der Waals surface area contributed by atoms with Gasteiger partial charge in [0, 0.05) is 11.8 Å². The van der Waals surface area contributed by atoms with E-state index in [-0.39, 0.29) is 23.8 Å². The minimum atomic E-state index is -0.333. The van der Waals surface area contributed by atoms with Crippen molar-refractivity contribution in [3.63, 3.8) is 0 Å². The van der Waals surface area contributed by atoms with E-state index in [9.17, 15) is 9.59 Å². The van der Waals surface area contributed by atoms with Crippen LogP contribution in [0.4, 0.5) is 0 Å². The number of hydrogen-bond donors (Lipinski definition) is 0. The van der Waals surface area contributed by atoms with Crippen LogP contribution in [0.15, 0.2) is 96.1 Å². The van der Waals surface area contributed by atoms with Gasteiger partial charge in [0.05, 0.1) is 25.4 Å². The average molecular weight is 579 g/mol. The molecule has 0 spiro atoms. The predicted molar refractivity (Wildman–Crippen MR) is 169 cm³/mol. The van der Waals surface area contributed by atoms with Crippen molar-refractivity contribution in [1.29, 1.82) is 0 Å². The Morgan fingerprint density at radius 3 is 1.41 bits per heavy atom. The third kappa shape index (κ3) is 2.95. The molecule has 218 valence electrons. The van der Waals surface area contributed by atoms with Gasteiger partial charge in [-0.3, -0.25) is 0 Å². The summed E-state index contributed by atoms with van der Waals surface area (Å²) >= 11 is 0. The monoisotopic (exact) mass is 578 g/mol. The fourth-order valence-corrected chi connectivity index (χ4v) is 11.8. The zero-order valence-corrected chi connectivity index (χ0v) is 24.9. The Kier molecular flexibility index (Phi) is 4.99. The van der Waals surface area contributed by atoms with Gasteiger partial charge in [-0.25, -0.2) is 9.59 Å². The molecule has 4 nitrogen and oxygen atoms in total. The first-order chi connectivity index (χ1) is 21.6. The molecular weight excluding hydrogens is 544 g/mol. The number of methoxy groups -OCH3 is 2. The van der Waals surface area contributed by atoms with E-state index in [1.54, 1.807) is 11.1 Å². The van der Waals surface area contributed by atoms with Crippen LogP contribution in [-0.4, -0.2) is 26.2 Å². The molecule has 0 heterocycles. The van der Waals surface area contributed by atoms with E-state index in [1.807, 2.05) is 0 Å². The van der Waals surface area contributed by atoms with Gasteiger partial charge < -0.3 is 9.47 Å². The van der Waals surface area contributed by atoms with Crippen LogP contribution in [0, 0.1) is 47.3 Å². The van der Waals surface area contributed by atoms with Crippen LogP contribution in [0.5, 0.6) is 0 Å². The number of ether oxygens (including phenoxy) is 2. The normalized spacial score (nSPS) is 34.5. The molecule has 0 aromatic heterocycles. The number of carbonyl (C=O) groups is 2. The van der Waals surface area contributed by atoms with Crippen LogP contribution in [0.1, 0.15) is 35.8 Å². The van der Waals surface area contributed by atoms with Crippen molar-refractivity contribution in [3.05, 3.63) is 107 Å². The van der Waals surface area contributed by atoms with Gasteiger partial charge in [-0.05, 0) is 116 Å². The van der Waals surface area contributed by atoms with Gasteiger partial charge in [0.2, 0.25) is 0 Å². The first kappa shape index (κ1) is 25.2. The number of rotatable bonds is 4.